The van der Waals surface area contributed by atoms with Crippen LogP contribution < -0.4 is 14.3 Å². The van der Waals surface area contributed by atoms with Crippen LogP contribution in [0.3, 0.4) is 0 Å². The van der Waals surface area contributed by atoms with Crippen LogP contribution in [0.25, 0.3) is 10.2 Å². The molecule has 2 aromatic carbocycles. The second kappa shape index (κ2) is 7.40. The minimum atomic E-state index is -1.13. The van der Waals surface area contributed by atoms with Crippen molar-refractivity contribution in [3.63, 3.8) is 0 Å². The summed E-state index contributed by atoms with van der Waals surface area (Å²) in [6.45, 7) is 0. The molecule has 3 rings (SSSR count). The van der Waals surface area contributed by atoms with E-state index in [1.807, 2.05) is 35.9 Å². The average Bonchev–Trinajstić information content (AvgIpc) is 2.97. The summed E-state index contributed by atoms with van der Waals surface area (Å²) in [7, 11) is 4.76. The molecule has 1 aromatic heterocycles. The minimum Gasteiger partial charge on any atom is -0.493 e. The van der Waals surface area contributed by atoms with Crippen LogP contribution in [0.2, 0.25) is 0 Å². The highest BCUT2D eigenvalue weighted by atomic mass is 32.1. The van der Waals surface area contributed by atoms with Crippen molar-refractivity contribution in [2.45, 2.75) is 0 Å². The number of fused-ring (bicyclic) bond motifs is 1. The van der Waals surface area contributed by atoms with E-state index < -0.39 is 5.97 Å². The van der Waals surface area contributed by atoms with E-state index in [4.69, 9.17) is 9.47 Å². The first kappa shape index (κ1) is 17.7. The standard InChI is InChI=1S/C18H17N3O4S/c1-21-12-6-4-5-7-14(12)26-18(21)20-19-10-11-8-9-13(24-2)16(25-3)15(11)17(22)23/h4-10H,1-3H3,(H,22,23)/b19-10-,20-18+. The van der Waals surface area contributed by atoms with Crippen molar-refractivity contribution in [1.82, 2.24) is 4.57 Å². The molecule has 8 heteroatoms. The topological polar surface area (TPSA) is 85.4 Å². The molecule has 1 N–H and O–H groups in total. The third-order valence-electron chi connectivity index (χ3n) is 3.85. The van der Waals surface area contributed by atoms with E-state index in [0.717, 1.165) is 10.2 Å². The number of hydrogen-bond donors (Lipinski definition) is 1. The van der Waals surface area contributed by atoms with Crippen molar-refractivity contribution in [3.8, 4) is 11.5 Å². The number of carboxylic acids is 1. The van der Waals surface area contributed by atoms with Gasteiger partial charge in [-0.15, -0.1) is 5.10 Å². The zero-order valence-electron chi connectivity index (χ0n) is 14.5. The van der Waals surface area contributed by atoms with Gasteiger partial charge in [-0.2, -0.15) is 5.10 Å². The minimum absolute atomic E-state index is 0.0217. The summed E-state index contributed by atoms with van der Waals surface area (Å²) in [5.41, 5.74) is 1.41. The van der Waals surface area contributed by atoms with Crippen molar-refractivity contribution in [3.05, 3.63) is 52.3 Å². The lowest BCUT2D eigenvalue weighted by Gasteiger charge is -2.11. The molecule has 0 saturated heterocycles. The fraction of sp³-hybridized carbons (Fsp3) is 0.167. The quantitative estimate of drug-likeness (QED) is 0.552. The van der Waals surface area contributed by atoms with Crippen LogP contribution in [0.15, 0.2) is 46.6 Å². The van der Waals surface area contributed by atoms with Crippen LogP contribution >= 0.6 is 11.3 Å². The number of hydrogen-bond acceptors (Lipinski definition) is 6. The van der Waals surface area contributed by atoms with Gasteiger partial charge in [0.2, 0.25) is 4.80 Å². The molecule has 134 valence electrons. The molecule has 0 fully saturated rings. The molecule has 0 saturated carbocycles. The predicted octanol–water partition coefficient (Wildman–Crippen LogP) is 2.89. The van der Waals surface area contributed by atoms with Gasteiger partial charge >= 0.3 is 5.97 Å². The van der Waals surface area contributed by atoms with Gasteiger partial charge in [-0.05, 0) is 24.3 Å². The van der Waals surface area contributed by atoms with Crippen LogP contribution in [-0.2, 0) is 7.05 Å². The first-order valence-corrected chi connectivity index (χ1v) is 8.48. The SMILES string of the molecule is COc1ccc(/C=N\N=c2\sc3ccccc3n2C)c(C(=O)O)c1OC. The van der Waals surface area contributed by atoms with Gasteiger partial charge < -0.3 is 19.1 Å². The highest BCUT2D eigenvalue weighted by Gasteiger charge is 2.19. The third kappa shape index (κ3) is 3.18. The summed E-state index contributed by atoms with van der Waals surface area (Å²) in [4.78, 5) is 12.4. The summed E-state index contributed by atoms with van der Waals surface area (Å²) < 4.78 is 13.4. The Morgan fingerprint density at radius 2 is 1.96 bits per heavy atom. The Balaban J connectivity index is 2.05. The summed E-state index contributed by atoms with van der Waals surface area (Å²) in [6, 6.07) is 11.2. The zero-order valence-corrected chi connectivity index (χ0v) is 15.3. The molecule has 0 unspecified atom stereocenters. The van der Waals surface area contributed by atoms with Gasteiger partial charge in [-0.25, -0.2) is 4.79 Å². The summed E-state index contributed by atoms with van der Waals surface area (Å²) in [5.74, 6) is -0.638. The van der Waals surface area contributed by atoms with Gasteiger partial charge in [-0.3, -0.25) is 0 Å². The van der Waals surface area contributed by atoms with Gasteiger partial charge in [0.1, 0.15) is 5.56 Å². The van der Waals surface area contributed by atoms with E-state index >= 15 is 0 Å². The molecule has 0 amide bonds. The Labute approximate surface area is 153 Å². The number of para-hydroxylation sites is 1. The molecular weight excluding hydrogens is 354 g/mol. The Bertz CT molecular complexity index is 1070. The monoisotopic (exact) mass is 371 g/mol. The number of thiazole rings is 1. The van der Waals surface area contributed by atoms with E-state index in [2.05, 4.69) is 10.2 Å². The van der Waals surface area contributed by atoms with Crippen LogP contribution in [0.4, 0.5) is 0 Å². The number of aromatic nitrogens is 1. The van der Waals surface area contributed by atoms with Crippen molar-refractivity contribution >= 4 is 33.7 Å². The second-order valence-electron chi connectivity index (χ2n) is 5.33. The fourth-order valence-corrected chi connectivity index (χ4v) is 3.56. The number of rotatable bonds is 5. The number of ether oxygens (including phenoxy) is 2. The maximum Gasteiger partial charge on any atom is 0.340 e. The molecule has 0 aliphatic rings. The van der Waals surface area contributed by atoms with Crippen LogP contribution in [-0.4, -0.2) is 36.1 Å². The molecule has 0 aliphatic heterocycles. The first-order valence-electron chi connectivity index (χ1n) is 7.66. The third-order valence-corrected chi connectivity index (χ3v) is 4.95. The van der Waals surface area contributed by atoms with Crippen molar-refractivity contribution in [2.24, 2.45) is 17.3 Å². The summed E-state index contributed by atoms with van der Waals surface area (Å²) >= 11 is 1.50. The lowest BCUT2D eigenvalue weighted by atomic mass is 10.1. The van der Waals surface area contributed by atoms with Crippen molar-refractivity contribution in [1.29, 1.82) is 0 Å². The highest BCUT2D eigenvalue weighted by molar-refractivity contribution is 7.16. The van der Waals surface area contributed by atoms with E-state index in [1.165, 1.54) is 31.8 Å². The van der Waals surface area contributed by atoms with Gasteiger partial charge in [-0.1, -0.05) is 23.5 Å². The lowest BCUT2D eigenvalue weighted by molar-refractivity contribution is 0.0692. The van der Waals surface area contributed by atoms with Gasteiger partial charge in [0.15, 0.2) is 11.5 Å². The van der Waals surface area contributed by atoms with E-state index in [0.29, 0.717) is 16.1 Å². The van der Waals surface area contributed by atoms with E-state index in [9.17, 15) is 9.90 Å². The molecule has 0 aliphatic carbocycles. The van der Waals surface area contributed by atoms with Crippen molar-refractivity contribution < 1.29 is 19.4 Å². The molecular formula is C18H17N3O4S. The van der Waals surface area contributed by atoms with E-state index in [1.54, 1.807) is 12.1 Å². The Morgan fingerprint density at radius 1 is 1.19 bits per heavy atom. The molecule has 7 nitrogen and oxygen atoms in total. The van der Waals surface area contributed by atoms with Gasteiger partial charge in [0.25, 0.3) is 0 Å². The highest BCUT2D eigenvalue weighted by Crippen LogP contribution is 2.32. The zero-order chi connectivity index (χ0) is 18.7. The number of aromatic carboxylic acids is 1. The number of aryl methyl sites for hydroxylation is 1. The molecule has 1 heterocycles. The fourth-order valence-electron chi connectivity index (χ4n) is 2.59. The second-order valence-corrected chi connectivity index (χ2v) is 6.34. The smallest absolute Gasteiger partial charge is 0.340 e. The maximum absolute atomic E-state index is 11.6. The van der Waals surface area contributed by atoms with Gasteiger partial charge in [0.05, 0.1) is 30.7 Å². The predicted molar refractivity (Wildman–Crippen MR) is 100 cm³/mol. The van der Waals surface area contributed by atoms with Crippen LogP contribution in [0, 0.1) is 0 Å². The molecule has 0 bridgehead atoms. The molecule has 0 radical (unpaired) electrons. The Hall–Kier alpha value is -3.13. The van der Waals surface area contributed by atoms with Crippen LogP contribution in [0.1, 0.15) is 15.9 Å². The largest absolute Gasteiger partial charge is 0.493 e. The lowest BCUT2D eigenvalue weighted by Crippen LogP contribution is -2.09. The molecule has 26 heavy (non-hydrogen) atoms. The average molecular weight is 371 g/mol. The van der Waals surface area contributed by atoms with Crippen molar-refractivity contribution in [2.75, 3.05) is 14.2 Å². The maximum atomic E-state index is 11.6. The Morgan fingerprint density at radius 3 is 2.62 bits per heavy atom. The first-order chi connectivity index (χ1) is 12.6. The normalized spacial score (nSPS) is 12.0. The number of benzene rings is 2. The van der Waals surface area contributed by atoms with Crippen LogP contribution in [0.5, 0.6) is 11.5 Å². The number of carboxylic acid groups (broad SMARTS) is 1. The number of carbonyl (C=O) groups is 1. The molecule has 3 aromatic rings. The molecule has 0 spiro atoms. The van der Waals surface area contributed by atoms with Gasteiger partial charge in [0, 0.05) is 12.6 Å². The number of methoxy groups -OCH3 is 2. The summed E-state index contributed by atoms with van der Waals surface area (Å²) in [6.07, 6.45) is 1.40. The van der Waals surface area contributed by atoms with E-state index in [-0.39, 0.29) is 11.3 Å². The molecule has 0 atom stereocenters. The number of nitrogens with zero attached hydrogens (tertiary/aromatic N) is 3. The Kier molecular flexibility index (Phi) is 5.04. The summed E-state index contributed by atoms with van der Waals surface area (Å²) in [5, 5.41) is 17.8.